The predicted octanol–water partition coefficient (Wildman–Crippen LogP) is 4.14. The maximum atomic E-state index is 13.0. The molecule has 2 heterocycles. The number of aromatic nitrogens is 1. The topological polar surface area (TPSA) is 100.0 Å². The van der Waals surface area contributed by atoms with Crippen molar-refractivity contribution in [1.29, 1.82) is 0 Å². The van der Waals surface area contributed by atoms with Gasteiger partial charge in [0, 0.05) is 22.2 Å². The van der Waals surface area contributed by atoms with Crippen LogP contribution in [-0.4, -0.2) is 34.0 Å². The summed E-state index contributed by atoms with van der Waals surface area (Å²) in [5.74, 6) is -1.90. The molecule has 1 aromatic heterocycles. The molecule has 1 aliphatic rings. The highest BCUT2D eigenvalue weighted by atomic mass is 35.5. The fraction of sp³-hybridized carbons (Fsp3) is 0.0952. The van der Waals surface area contributed by atoms with Crippen molar-refractivity contribution < 1.29 is 24.5 Å². The van der Waals surface area contributed by atoms with Gasteiger partial charge in [-0.25, -0.2) is 4.98 Å². The van der Waals surface area contributed by atoms with Crippen LogP contribution in [0.25, 0.3) is 5.76 Å². The van der Waals surface area contributed by atoms with Gasteiger partial charge in [-0.2, -0.15) is 0 Å². The number of nitrogens with zero attached hydrogens (tertiary/aromatic N) is 2. The Hall–Kier alpha value is -3.36. The molecule has 1 fully saturated rings. The van der Waals surface area contributed by atoms with Gasteiger partial charge >= 0.3 is 5.91 Å². The summed E-state index contributed by atoms with van der Waals surface area (Å²) in [4.78, 5) is 31.3. The first-order valence-corrected chi connectivity index (χ1v) is 10.0. The monoisotopic (exact) mass is 442 g/mol. The largest absolute Gasteiger partial charge is 0.507 e. The van der Waals surface area contributed by atoms with Crippen LogP contribution in [0.3, 0.4) is 0 Å². The van der Waals surface area contributed by atoms with E-state index in [0.717, 1.165) is 0 Å². The van der Waals surface area contributed by atoms with E-state index >= 15 is 0 Å². The Bertz CT molecular complexity index is 1160. The lowest BCUT2D eigenvalue weighted by Gasteiger charge is -2.23. The highest BCUT2D eigenvalue weighted by Gasteiger charge is 2.48. The third-order valence-electron chi connectivity index (χ3n) is 4.71. The van der Waals surface area contributed by atoms with Crippen LogP contribution >= 0.6 is 22.9 Å². The van der Waals surface area contributed by atoms with Gasteiger partial charge in [0.1, 0.15) is 5.76 Å². The van der Waals surface area contributed by atoms with Crippen molar-refractivity contribution in [2.75, 3.05) is 12.0 Å². The number of carbonyl (C=O) groups excluding carboxylic acids is 2. The zero-order valence-corrected chi connectivity index (χ0v) is 17.1. The fourth-order valence-corrected chi connectivity index (χ4v) is 4.10. The van der Waals surface area contributed by atoms with E-state index in [-0.39, 0.29) is 22.8 Å². The molecule has 1 aliphatic heterocycles. The minimum Gasteiger partial charge on any atom is -0.507 e. The van der Waals surface area contributed by atoms with Crippen LogP contribution in [0.5, 0.6) is 11.5 Å². The molecule has 0 bridgehead atoms. The molecule has 9 heteroatoms. The van der Waals surface area contributed by atoms with E-state index in [1.807, 2.05) is 0 Å². The molecule has 1 saturated heterocycles. The number of methoxy groups -OCH3 is 1. The van der Waals surface area contributed by atoms with E-state index in [4.69, 9.17) is 16.3 Å². The van der Waals surface area contributed by atoms with Gasteiger partial charge in [0.05, 0.1) is 18.7 Å². The number of hydrogen-bond donors (Lipinski definition) is 2. The second-order valence-electron chi connectivity index (χ2n) is 6.42. The first-order valence-electron chi connectivity index (χ1n) is 8.75. The van der Waals surface area contributed by atoms with E-state index < -0.39 is 17.7 Å². The summed E-state index contributed by atoms with van der Waals surface area (Å²) in [6, 6.07) is 9.79. The van der Waals surface area contributed by atoms with Gasteiger partial charge in [-0.3, -0.25) is 14.5 Å². The first-order chi connectivity index (χ1) is 14.4. The number of aromatic hydroxyl groups is 1. The maximum Gasteiger partial charge on any atom is 0.301 e. The number of aliphatic hydroxyl groups is 1. The molecule has 2 aromatic carbocycles. The molecule has 1 atom stereocenters. The Morgan fingerprint density at radius 3 is 2.57 bits per heavy atom. The van der Waals surface area contributed by atoms with Gasteiger partial charge < -0.3 is 14.9 Å². The highest BCUT2D eigenvalue weighted by molar-refractivity contribution is 7.14. The molecule has 3 aromatic rings. The molecular formula is C21H15ClN2O5S. The van der Waals surface area contributed by atoms with Crippen LogP contribution in [0.4, 0.5) is 5.13 Å². The van der Waals surface area contributed by atoms with Crippen LogP contribution in [0.15, 0.2) is 59.6 Å². The van der Waals surface area contributed by atoms with Gasteiger partial charge in [0.25, 0.3) is 5.78 Å². The zero-order valence-electron chi connectivity index (χ0n) is 15.6. The number of ether oxygens (including phenoxy) is 1. The second-order valence-corrected chi connectivity index (χ2v) is 7.73. The molecule has 0 radical (unpaired) electrons. The number of phenols is 1. The van der Waals surface area contributed by atoms with E-state index in [1.54, 1.807) is 35.7 Å². The Morgan fingerprint density at radius 2 is 1.93 bits per heavy atom. The number of carbonyl (C=O) groups is 2. The number of aliphatic hydroxyl groups excluding tert-OH is 1. The Morgan fingerprint density at radius 1 is 1.20 bits per heavy atom. The van der Waals surface area contributed by atoms with Gasteiger partial charge in [-0.1, -0.05) is 17.7 Å². The van der Waals surface area contributed by atoms with E-state index in [9.17, 15) is 19.8 Å². The van der Waals surface area contributed by atoms with Crippen molar-refractivity contribution in [3.63, 3.8) is 0 Å². The molecule has 4 rings (SSSR count). The summed E-state index contributed by atoms with van der Waals surface area (Å²) >= 11 is 7.11. The average molecular weight is 443 g/mol. The SMILES string of the molecule is COc1cc([C@@H]2C(=C(O)c3ccc(Cl)cc3)C(=O)C(=O)N2c2nccs2)ccc1O. The lowest BCUT2D eigenvalue weighted by molar-refractivity contribution is -0.132. The number of thiazole rings is 1. The van der Waals surface area contributed by atoms with Crippen LogP contribution in [0.2, 0.25) is 5.02 Å². The van der Waals surface area contributed by atoms with E-state index in [1.165, 1.54) is 41.7 Å². The Labute approximate surface area is 180 Å². The molecule has 0 saturated carbocycles. The van der Waals surface area contributed by atoms with Crippen molar-refractivity contribution in [2.45, 2.75) is 6.04 Å². The summed E-state index contributed by atoms with van der Waals surface area (Å²) in [6.07, 6.45) is 1.52. The number of anilines is 1. The number of halogens is 1. The Balaban J connectivity index is 1.95. The van der Waals surface area contributed by atoms with Gasteiger partial charge in [-0.05, 0) is 42.0 Å². The lowest BCUT2D eigenvalue weighted by atomic mass is 9.95. The molecule has 7 nitrogen and oxygen atoms in total. The third kappa shape index (κ3) is 3.30. The molecule has 30 heavy (non-hydrogen) atoms. The number of rotatable bonds is 4. The van der Waals surface area contributed by atoms with E-state index in [2.05, 4.69) is 4.98 Å². The minimum absolute atomic E-state index is 0.0923. The summed E-state index contributed by atoms with van der Waals surface area (Å²) in [6.45, 7) is 0. The van der Waals surface area contributed by atoms with Crippen LogP contribution in [0, 0.1) is 0 Å². The minimum atomic E-state index is -0.957. The third-order valence-corrected chi connectivity index (χ3v) is 5.73. The van der Waals surface area contributed by atoms with Gasteiger partial charge in [0.2, 0.25) is 0 Å². The number of phenolic OH excluding ortho intramolecular Hbond substituents is 1. The standard InChI is InChI=1S/C21H15ClN2O5S/c1-29-15-10-12(4-7-14(15)25)17-16(18(26)11-2-5-13(22)6-3-11)19(27)20(28)24(17)21-23-8-9-30-21/h2-10,17,25-26H,1H3/t17-/m1/s1. The van der Waals surface area contributed by atoms with Crippen molar-refractivity contribution in [1.82, 2.24) is 4.98 Å². The quantitative estimate of drug-likeness (QED) is 0.358. The summed E-state index contributed by atoms with van der Waals surface area (Å²) < 4.78 is 5.17. The molecule has 2 N–H and O–H groups in total. The highest BCUT2D eigenvalue weighted by Crippen LogP contribution is 2.44. The molecule has 0 aliphatic carbocycles. The van der Waals surface area contributed by atoms with Crippen molar-refractivity contribution >= 4 is 45.5 Å². The fourth-order valence-electron chi connectivity index (χ4n) is 3.31. The smallest absolute Gasteiger partial charge is 0.301 e. The summed E-state index contributed by atoms with van der Waals surface area (Å²) in [5, 5.41) is 23.4. The van der Waals surface area contributed by atoms with Crippen molar-refractivity contribution in [3.8, 4) is 11.5 Å². The number of amides is 1. The van der Waals surface area contributed by atoms with Crippen molar-refractivity contribution in [2.24, 2.45) is 0 Å². The number of ketones is 1. The maximum absolute atomic E-state index is 13.0. The lowest BCUT2D eigenvalue weighted by Crippen LogP contribution is -2.29. The average Bonchev–Trinajstić information content (AvgIpc) is 3.35. The zero-order chi connectivity index (χ0) is 21.4. The molecular weight excluding hydrogens is 428 g/mol. The van der Waals surface area contributed by atoms with Crippen LogP contribution < -0.4 is 9.64 Å². The molecule has 0 spiro atoms. The summed E-state index contributed by atoms with van der Waals surface area (Å²) in [7, 11) is 1.39. The number of hydrogen-bond acceptors (Lipinski definition) is 7. The predicted molar refractivity (Wildman–Crippen MR) is 113 cm³/mol. The Kier molecular flexibility index (Phi) is 5.19. The van der Waals surface area contributed by atoms with Gasteiger partial charge in [-0.15, -0.1) is 11.3 Å². The second kappa shape index (κ2) is 7.81. The van der Waals surface area contributed by atoms with Gasteiger partial charge in [0.15, 0.2) is 16.6 Å². The number of benzene rings is 2. The molecule has 1 amide bonds. The van der Waals surface area contributed by atoms with Crippen LogP contribution in [0.1, 0.15) is 17.2 Å². The normalized spacial score (nSPS) is 18.1. The number of Topliss-reactive ketones (excluding diaryl/α,β-unsaturated/α-hetero) is 1. The first kappa shape index (κ1) is 19.9. The molecule has 0 unspecified atom stereocenters. The van der Waals surface area contributed by atoms with Crippen molar-refractivity contribution in [3.05, 3.63) is 75.8 Å². The van der Waals surface area contributed by atoms with E-state index in [0.29, 0.717) is 21.3 Å². The summed E-state index contributed by atoms with van der Waals surface area (Å²) in [5.41, 5.74) is 0.715. The molecule has 152 valence electrons. The van der Waals surface area contributed by atoms with Crippen LogP contribution in [-0.2, 0) is 9.59 Å².